The Hall–Kier alpha value is -2.12. The Morgan fingerprint density at radius 3 is 2.91 bits per heavy atom. The summed E-state index contributed by atoms with van der Waals surface area (Å²) in [6.45, 7) is 11.0. The van der Waals surface area contributed by atoms with Gasteiger partial charge in [0.2, 0.25) is 0 Å². The predicted octanol–water partition coefficient (Wildman–Crippen LogP) is 3.24. The van der Waals surface area contributed by atoms with Gasteiger partial charge in [-0.15, -0.1) is 0 Å². The minimum absolute atomic E-state index is 0.000779. The molecule has 3 saturated carbocycles. The van der Waals surface area contributed by atoms with Crippen LogP contribution in [0, 0.1) is 28.6 Å². The lowest BCUT2D eigenvalue weighted by atomic mass is 9.45. The van der Waals surface area contributed by atoms with Crippen molar-refractivity contribution in [1.29, 1.82) is 0 Å². The molecule has 0 amide bonds. The van der Waals surface area contributed by atoms with E-state index in [0.29, 0.717) is 18.4 Å². The number of epoxide rings is 2. The molecule has 3 aliphatic heterocycles. The second kappa shape index (κ2) is 6.35. The fourth-order valence-electron chi connectivity index (χ4n) is 9.07. The van der Waals surface area contributed by atoms with Crippen LogP contribution in [0.1, 0.15) is 46.5 Å². The minimum atomic E-state index is -0.458. The van der Waals surface area contributed by atoms with Crippen LogP contribution >= 0.6 is 0 Å². The van der Waals surface area contributed by atoms with Gasteiger partial charge in [-0.1, -0.05) is 33.4 Å². The summed E-state index contributed by atoms with van der Waals surface area (Å²) in [5.41, 5.74) is 1.26. The van der Waals surface area contributed by atoms with Crippen molar-refractivity contribution in [2.75, 3.05) is 13.2 Å². The van der Waals surface area contributed by atoms with Crippen LogP contribution in [0.3, 0.4) is 0 Å². The number of hydrogen-bond acceptors (Lipinski definition) is 7. The highest BCUT2D eigenvalue weighted by atomic mass is 16.7. The zero-order valence-corrected chi connectivity index (χ0v) is 20.0. The molecule has 34 heavy (non-hydrogen) atoms. The van der Waals surface area contributed by atoms with E-state index in [2.05, 4.69) is 27.4 Å². The zero-order chi connectivity index (χ0) is 23.7. The smallest absolute Gasteiger partial charge is 0.334 e. The van der Waals surface area contributed by atoms with Crippen LogP contribution in [-0.4, -0.2) is 54.7 Å². The summed E-state index contributed by atoms with van der Waals surface area (Å²) in [7, 11) is 0. The summed E-state index contributed by atoms with van der Waals surface area (Å²) in [5.74, 6) is 0.408. The van der Waals surface area contributed by atoms with Crippen molar-refractivity contribution in [1.82, 2.24) is 0 Å². The molecular weight excluding hydrogens is 436 g/mol. The fourth-order valence-corrected chi connectivity index (χ4v) is 9.07. The Bertz CT molecular complexity index is 1070. The van der Waals surface area contributed by atoms with Crippen molar-refractivity contribution in [3.8, 4) is 0 Å². The van der Waals surface area contributed by atoms with E-state index in [0.717, 1.165) is 31.3 Å². The molecule has 7 rings (SSSR count). The fraction of sp³-hybridized carbons (Fsp3) is 0.704. The summed E-state index contributed by atoms with van der Waals surface area (Å²) >= 11 is 0. The molecule has 7 nitrogen and oxygen atoms in total. The summed E-state index contributed by atoms with van der Waals surface area (Å²) in [5, 5.41) is 0. The molecule has 0 unspecified atom stereocenters. The molecule has 4 aliphatic carbocycles. The molecule has 0 aromatic rings. The number of carbonyl (C=O) groups is 2. The molecule has 7 aliphatic rings. The lowest BCUT2D eigenvalue weighted by Gasteiger charge is -2.56. The molecule has 182 valence electrons. The number of esters is 2. The summed E-state index contributed by atoms with van der Waals surface area (Å²) in [4.78, 5) is 24.3. The van der Waals surface area contributed by atoms with Gasteiger partial charge in [-0.2, -0.15) is 0 Å². The van der Waals surface area contributed by atoms with E-state index in [1.54, 1.807) is 0 Å². The predicted molar refractivity (Wildman–Crippen MR) is 119 cm³/mol. The van der Waals surface area contributed by atoms with E-state index < -0.39 is 17.2 Å². The highest BCUT2D eigenvalue weighted by molar-refractivity contribution is 5.92. The van der Waals surface area contributed by atoms with Crippen molar-refractivity contribution >= 4 is 11.9 Å². The third-order valence-corrected chi connectivity index (χ3v) is 10.6. The molecule has 0 radical (unpaired) electrons. The van der Waals surface area contributed by atoms with Crippen molar-refractivity contribution in [2.45, 2.75) is 76.0 Å². The van der Waals surface area contributed by atoms with Gasteiger partial charge in [-0.3, -0.25) is 0 Å². The maximum atomic E-state index is 12.3. The third kappa shape index (κ3) is 2.14. The Balaban J connectivity index is 1.26. The maximum Gasteiger partial charge on any atom is 0.334 e. The van der Waals surface area contributed by atoms with Crippen LogP contribution in [0.15, 0.2) is 36.1 Å². The van der Waals surface area contributed by atoms with Crippen LogP contribution in [0.25, 0.3) is 0 Å². The average molecular weight is 469 g/mol. The Kier molecular flexibility index (Phi) is 3.96. The van der Waals surface area contributed by atoms with Crippen molar-refractivity contribution in [2.24, 2.45) is 28.6 Å². The van der Waals surface area contributed by atoms with Gasteiger partial charge in [0.25, 0.3) is 0 Å². The molecule has 7 heteroatoms. The van der Waals surface area contributed by atoms with Gasteiger partial charge in [-0.25, -0.2) is 9.59 Å². The molecule has 0 aromatic heterocycles. The molecule has 2 spiro atoms. The van der Waals surface area contributed by atoms with Gasteiger partial charge < -0.3 is 23.7 Å². The standard InChI is InChI=1S/C27H32O7/c1-5-9-30-20(28)7-10-31-23-26(14(2)3)21(34-26)18-12-25(18)24(4)8-6-15-16(13-32-22(15)29)17(24)11-19-27(23,25)33-19/h5,7,10,14,17-19,21,23H,1,6,8-9,11-13H2,2-4H3/b10-7+/t17-,18-,19-,21-,23+,24-,25-,26-,27+/m0/s1. The summed E-state index contributed by atoms with van der Waals surface area (Å²) in [6.07, 6.45) is 7.94. The van der Waals surface area contributed by atoms with Gasteiger partial charge in [0.1, 0.15) is 24.4 Å². The Labute approximate surface area is 199 Å². The molecule has 5 fully saturated rings. The van der Waals surface area contributed by atoms with E-state index in [4.69, 9.17) is 23.7 Å². The summed E-state index contributed by atoms with van der Waals surface area (Å²) in [6, 6.07) is 0. The summed E-state index contributed by atoms with van der Waals surface area (Å²) < 4.78 is 30.3. The molecule has 3 heterocycles. The SMILES string of the molecule is C=CCOC(=O)/C=C/O[C@@H]1[C@@]2(C(C)C)O[C@H]2[C@@H]2C[C@]23[C@]12O[C@H]2C[C@H]1C2=C(CC[C@@]13C)C(=O)OC2. The number of fused-ring (bicyclic) bond motifs is 4. The van der Waals surface area contributed by atoms with Gasteiger partial charge >= 0.3 is 11.9 Å². The maximum absolute atomic E-state index is 12.3. The number of cyclic esters (lactones) is 1. The first-order chi connectivity index (χ1) is 16.3. The van der Waals surface area contributed by atoms with Gasteiger partial charge in [0.05, 0.1) is 24.5 Å². The number of carbonyl (C=O) groups excluding carboxylic acids is 2. The normalized spacial score (nSPS) is 50.8. The van der Waals surface area contributed by atoms with Crippen LogP contribution in [0.4, 0.5) is 0 Å². The lowest BCUT2D eigenvalue weighted by Crippen LogP contribution is -2.65. The van der Waals surface area contributed by atoms with E-state index in [9.17, 15) is 9.59 Å². The monoisotopic (exact) mass is 468 g/mol. The first-order valence-electron chi connectivity index (χ1n) is 12.6. The molecule has 0 bridgehead atoms. The van der Waals surface area contributed by atoms with E-state index in [1.165, 1.54) is 24.0 Å². The molecule has 2 saturated heterocycles. The largest absolute Gasteiger partial charge is 0.491 e. The quantitative estimate of drug-likeness (QED) is 0.194. The van der Waals surface area contributed by atoms with Crippen LogP contribution < -0.4 is 0 Å². The highest BCUT2D eigenvalue weighted by Gasteiger charge is 2.98. The number of rotatable bonds is 6. The number of ether oxygens (including phenoxy) is 5. The molecule has 9 atom stereocenters. The van der Waals surface area contributed by atoms with E-state index >= 15 is 0 Å². The van der Waals surface area contributed by atoms with Gasteiger partial charge in [0, 0.05) is 11.0 Å². The van der Waals surface area contributed by atoms with Crippen LogP contribution in [0.2, 0.25) is 0 Å². The third-order valence-electron chi connectivity index (χ3n) is 10.6. The van der Waals surface area contributed by atoms with Crippen LogP contribution in [0.5, 0.6) is 0 Å². The van der Waals surface area contributed by atoms with Gasteiger partial charge in [-0.05, 0) is 54.4 Å². The zero-order valence-electron chi connectivity index (χ0n) is 20.0. The Morgan fingerprint density at radius 1 is 1.32 bits per heavy atom. The lowest BCUT2D eigenvalue weighted by molar-refractivity contribution is -0.137. The Morgan fingerprint density at radius 2 is 2.15 bits per heavy atom. The first kappa shape index (κ1) is 21.2. The second-order valence-electron chi connectivity index (χ2n) is 11.8. The second-order valence-corrected chi connectivity index (χ2v) is 11.8. The minimum Gasteiger partial charge on any atom is -0.491 e. The molecular formula is C27H32O7. The van der Waals surface area contributed by atoms with Crippen LogP contribution in [-0.2, 0) is 33.3 Å². The van der Waals surface area contributed by atoms with Crippen molar-refractivity contribution in [3.63, 3.8) is 0 Å². The highest BCUT2D eigenvalue weighted by Crippen LogP contribution is 2.90. The number of hydrogen-bond donors (Lipinski definition) is 0. The van der Waals surface area contributed by atoms with Gasteiger partial charge in [0.15, 0.2) is 6.10 Å². The van der Waals surface area contributed by atoms with E-state index in [-0.39, 0.29) is 47.6 Å². The van der Waals surface area contributed by atoms with Crippen molar-refractivity contribution < 1.29 is 33.3 Å². The molecule has 0 N–H and O–H groups in total. The first-order valence-corrected chi connectivity index (χ1v) is 12.6. The average Bonchev–Trinajstić information content (AvgIpc) is 3.70. The topological polar surface area (TPSA) is 86.9 Å². The van der Waals surface area contributed by atoms with E-state index in [1.807, 2.05) is 0 Å². The van der Waals surface area contributed by atoms with Crippen molar-refractivity contribution in [3.05, 3.63) is 36.1 Å². The molecule has 0 aromatic carbocycles.